The van der Waals surface area contributed by atoms with Gasteiger partial charge >= 0.3 is 5.95 Å². The van der Waals surface area contributed by atoms with Crippen molar-refractivity contribution in [2.45, 2.75) is 6.92 Å². The Morgan fingerprint density at radius 3 is 2.34 bits per heavy atom. The topological polar surface area (TPSA) is 76.6 Å². The first kappa shape index (κ1) is 18.6. The van der Waals surface area contributed by atoms with Crippen molar-refractivity contribution >= 4 is 22.1 Å². The molecule has 146 valence electrons. The molecule has 0 fully saturated rings. The van der Waals surface area contributed by atoms with Crippen LogP contribution < -0.4 is 9.47 Å². The number of ether oxygens (including phenoxy) is 2. The zero-order chi connectivity index (χ0) is 20.2. The highest BCUT2D eigenvalue weighted by molar-refractivity contribution is 5.88. The fraction of sp³-hybridized carbons (Fsp3) is 0.130. The monoisotopic (exact) mass is 388 g/mol. The largest absolute Gasteiger partial charge is 0.497 e. The van der Waals surface area contributed by atoms with Crippen molar-refractivity contribution < 1.29 is 19.0 Å². The highest BCUT2D eigenvalue weighted by Crippen LogP contribution is 2.38. The van der Waals surface area contributed by atoms with Crippen LogP contribution in [0.2, 0.25) is 0 Å². The number of methoxy groups -OCH3 is 1. The summed E-state index contributed by atoms with van der Waals surface area (Å²) in [6.45, 7) is 2.59. The standard InChI is InChI=1S/C23H20N2O4/c1-3-28-20-9-6-15-12-17(5-4-16(15)13-20)22-14-21(23(26)29-22)25-24-18-7-10-19(27-2)11-8-18/h4-14,26H,3H2,1-2H3. The van der Waals surface area contributed by atoms with Crippen molar-refractivity contribution in [1.29, 1.82) is 0 Å². The number of fused-ring (bicyclic) bond motifs is 1. The lowest BCUT2D eigenvalue weighted by molar-refractivity contribution is 0.339. The number of benzene rings is 3. The molecule has 0 amide bonds. The summed E-state index contributed by atoms with van der Waals surface area (Å²) in [6.07, 6.45) is 0. The van der Waals surface area contributed by atoms with Gasteiger partial charge in [-0.25, -0.2) is 0 Å². The fourth-order valence-corrected chi connectivity index (χ4v) is 2.98. The van der Waals surface area contributed by atoms with E-state index in [1.54, 1.807) is 37.4 Å². The van der Waals surface area contributed by atoms with Gasteiger partial charge in [0.15, 0.2) is 5.69 Å². The van der Waals surface area contributed by atoms with E-state index in [4.69, 9.17) is 13.9 Å². The minimum Gasteiger partial charge on any atom is -0.497 e. The summed E-state index contributed by atoms with van der Waals surface area (Å²) in [6, 6.07) is 20.7. The molecule has 0 bridgehead atoms. The first-order valence-electron chi connectivity index (χ1n) is 9.22. The van der Waals surface area contributed by atoms with Gasteiger partial charge in [0.1, 0.15) is 17.3 Å². The third-order valence-corrected chi connectivity index (χ3v) is 4.45. The summed E-state index contributed by atoms with van der Waals surface area (Å²) in [7, 11) is 1.60. The van der Waals surface area contributed by atoms with Crippen LogP contribution in [0.25, 0.3) is 22.1 Å². The second-order valence-corrected chi connectivity index (χ2v) is 6.36. The van der Waals surface area contributed by atoms with Crippen LogP contribution in [0.3, 0.4) is 0 Å². The van der Waals surface area contributed by atoms with Crippen LogP contribution in [0.15, 0.2) is 81.4 Å². The highest BCUT2D eigenvalue weighted by atomic mass is 16.5. The van der Waals surface area contributed by atoms with Crippen LogP contribution in [0, 0.1) is 0 Å². The summed E-state index contributed by atoms with van der Waals surface area (Å²) in [5, 5.41) is 20.4. The molecule has 4 aromatic rings. The van der Waals surface area contributed by atoms with E-state index in [-0.39, 0.29) is 11.6 Å². The van der Waals surface area contributed by atoms with Gasteiger partial charge in [-0.3, -0.25) is 0 Å². The molecule has 0 aliphatic heterocycles. The number of rotatable bonds is 6. The molecule has 0 spiro atoms. The second kappa shape index (κ2) is 8.06. The third-order valence-electron chi connectivity index (χ3n) is 4.45. The lowest BCUT2D eigenvalue weighted by Gasteiger charge is -2.05. The predicted molar refractivity (Wildman–Crippen MR) is 112 cm³/mol. The molecule has 3 aromatic carbocycles. The molecule has 0 saturated carbocycles. The van der Waals surface area contributed by atoms with E-state index in [2.05, 4.69) is 10.2 Å². The zero-order valence-electron chi connectivity index (χ0n) is 16.1. The molecule has 6 heteroatoms. The van der Waals surface area contributed by atoms with Gasteiger partial charge in [0, 0.05) is 11.6 Å². The fourth-order valence-electron chi connectivity index (χ4n) is 2.98. The average Bonchev–Trinajstić information content (AvgIpc) is 3.13. The van der Waals surface area contributed by atoms with Crippen molar-refractivity contribution in [2.24, 2.45) is 10.2 Å². The van der Waals surface area contributed by atoms with Crippen molar-refractivity contribution in [1.82, 2.24) is 0 Å². The lowest BCUT2D eigenvalue weighted by atomic mass is 10.1. The van der Waals surface area contributed by atoms with Crippen LogP contribution in [0.4, 0.5) is 11.4 Å². The third kappa shape index (κ3) is 4.06. The Morgan fingerprint density at radius 1 is 0.862 bits per heavy atom. The summed E-state index contributed by atoms with van der Waals surface area (Å²) < 4.78 is 16.2. The van der Waals surface area contributed by atoms with Crippen LogP contribution in [-0.2, 0) is 0 Å². The maximum Gasteiger partial charge on any atom is 0.311 e. The SMILES string of the molecule is CCOc1ccc2cc(-c3cc(N=Nc4ccc(OC)cc4)c(O)o3)ccc2c1. The van der Waals surface area contributed by atoms with E-state index < -0.39 is 0 Å². The van der Waals surface area contributed by atoms with Crippen molar-refractivity contribution in [3.63, 3.8) is 0 Å². The molecule has 0 radical (unpaired) electrons. The van der Waals surface area contributed by atoms with Gasteiger partial charge in [-0.2, -0.15) is 5.11 Å². The number of hydrogen-bond donors (Lipinski definition) is 1. The molecule has 0 unspecified atom stereocenters. The van der Waals surface area contributed by atoms with Gasteiger partial charge < -0.3 is 19.0 Å². The van der Waals surface area contributed by atoms with E-state index in [1.165, 1.54) is 0 Å². The Bertz CT molecular complexity index is 1160. The first-order valence-corrected chi connectivity index (χ1v) is 9.22. The molecule has 1 heterocycles. The molecule has 0 aliphatic rings. The minimum absolute atomic E-state index is 0.266. The van der Waals surface area contributed by atoms with E-state index in [9.17, 15) is 5.11 Å². The van der Waals surface area contributed by atoms with E-state index >= 15 is 0 Å². The van der Waals surface area contributed by atoms with Crippen molar-refractivity contribution in [3.8, 4) is 28.8 Å². The molecule has 4 rings (SSSR count). The smallest absolute Gasteiger partial charge is 0.311 e. The zero-order valence-corrected chi connectivity index (χ0v) is 16.1. The van der Waals surface area contributed by atoms with E-state index in [1.807, 2.05) is 43.3 Å². The second-order valence-electron chi connectivity index (χ2n) is 6.36. The summed E-state index contributed by atoms with van der Waals surface area (Å²) >= 11 is 0. The number of aromatic hydroxyl groups is 1. The Hall–Kier alpha value is -3.80. The maximum atomic E-state index is 10.1. The molecule has 0 atom stereocenters. The Kier molecular flexibility index (Phi) is 5.16. The maximum absolute atomic E-state index is 10.1. The minimum atomic E-state index is -0.274. The molecule has 1 aromatic heterocycles. The molecule has 6 nitrogen and oxygen atoms in total. The van der Waals surface area contributed by atoms with E-state index in [0.29, 0.717) is 18.1 Å². The average molecular weight is 388 g/mol. The summed E-state index contributed by atoms with van der Waals surface area (Å²) in [4.78, 5) is 0. The molecule has 0 saturated heterocycles. The predicted octanol–water partition coefficient (Wildman–Crippen LogP) is 6.63. The molecule has 1 N–H and O–H groups in total. The van der Waals surface area contributed by atoms with Crippen molar-refractivity contribution in [3.05, 3.63) is 66.7 Å². The summed E-state index contributed by atoms with van der Waals surface area (Å²) in [5.41, 5.74) is 1.74. The van der Waals surface area contributed by atoms with Gasteiger partial charge in [0.05, 0.1) is 19.4 Å². The van der Waals surface area contributed by atoms with Crippen LogP contribution >= 0.6 is 0 Å². The number of nitrogens with zero attached hydrogens (tertiary/aromatic N) is 2. The highest BCUT2D eigenvalue weighted by Gasteiger charge is 2.12. The first-order chi connectivity index (χ1) is 14.2. The normalized spacial score (nSPS) is 11.2. The van der Waals surface area contributed by atoms with Gasteiger partial charge in [-0.05, 0) is 60.2 Å². The van der Waals surface area contributed by atoms with Gasteiger partial charge in [-0.1, -0.05) is 18.2 Å². The quantitative estimate of drug-likeness (QED) is 0.376. The lowest BCUT2D eigenvalue weighted by Crippen LogP contribution is -1.90. The van der Waals surface area contributed by atoms with Crippen LogP contribution in [-0.4, -0.2) is 18.8 Å². The molecular formula is C23H20N2O4. The molecule has 29 heavy (non-hydrogen) atoms. The van der Waals surface area contributed by atoms with Gasteiger partial charge in [0.2, 0.25) is 0 Å². The Labute approximate surface area is 168 Å². The van der Waals surface area contributed by atoms with E-state index in [0.717, 1.165) is 27.8 Å². The van der Waals surface area contributed by atoms with Gasteiger partial charge in [-0.15, -0.1) is 5.11 Å². The number of hydrogen-bond acceptors (Lipinski definition) is 6. The number of azo groups is 1. The van der Waals surface area contributed by atoms with Crippen LogP contribution in [0.5, 0.6) is 17.4 Å². The van der Waals surface area contributed by atoms with Gasteiger partial charge in [0.25, 0.3) is 0 Å². The number of furan rings is 1. The van der Waals surface area contributed by atoms with Crippen LogP contribution in [0.1, 0.15) is 6.92 Å². The Balaban J connectivity index is 1.59. The molecular weight excluding hydrogens is 368 g/mol. The molecule has 0 aliphatic carbocycles. The summed E-state index contributed by atoms with van der Waals surface area (Å²) in [5.74, 6) is 1.82. The Morgan fingerprint density at radius 2 is 1.59 bits per heavy atom. The van der Waals surface area contributed by atoms with Crippen molar-refractivity contribution in [2.75, 3.05) is 13.7 Å².